The van der Waals surface area contributed by atoms with Crippen LogP contribution in [0.1, 0.15) is 24.2 Å². The molecule has 0 amide bonds. The van der Waals surface area contributed by atoms with Crippen molar-refractivity contribution in [3.63, 3.8) is 0 Å². The molecule has 0 bridgehead atoms. The monoisotopic (exact) mass is 278 g/mol. The van der Waals surface area contributed by atoms with Crippen molar-refractivity contribution in [2.75, 3.05) is 0 Å². The number of ether oxygens (including phenoxy) is 1. The van der Waals surface area contributed by atoms with E-state index in [0.717, 1.165) is 10.8 Å². The number of benzene rings is 2. The van der Waals surface area contributed by atoms with Gasteiger partial charge in [0.05, 0.1) is 11.7 Å². The van der Waals surface area contributed by atoms with E-state index in [-0.39, 0.29) is 31.6 Å². The number of carbonyl (C=O) groups excluding carboxylic acids is 1. The molecule has 2 aromatic rings. The van der Waals surface area contributed by atoms with E-state index in [4.69, 9.17) is 4.74 Å². The fourth-order valence-corrected chi connectivity index (χ4v) is 1.68. The van der Waals surface area contributed by atoms with Crippen LogP contribution in [-0.4, -0.2) is 12.1 Å². The van der Waals surface area contributed by atoms with Gasteiger partial charge in [-0.05, 0) is 30.7 Å². The molecule has 0 radical (unpaired) electrons. The zero-order valence-corrected chi connectivity index (χ0v) is 13.1. The third kappa shape index (κ3) is 3.13. The van der Waals surface area contributed by atoms with Crippen molar-refractivity contribution in [3.8, 4) is 0 Å². The number of rotatable bonds is 2. The Kier molecular flexibility index (Phi) is 4.83. The Balaban J connectivity index is 0.00000144. The van der Waals surface area contributed by atoms with Gasteiger partial charge in [0.15, 0.2) is 0 Å². The van der Waals surface area contributed by atoms with Crippen molar-refractivity contribution in [3.05, 3.63) is 48.0 Å². The zero-order chi connectivity index (χ0) is 11.5. The first-order valence-corrected chi connectivity index (χ1v) is 5.37. The van der Waals surface area contributed by atoms with E-state index in [0.29, 0.717) is 5.56 Å². The van der Waals surface area contributed by atoms with Crippen LogP contribution in [0, 0.1) is 0 Å². The molecule has 0 unspecified atom stereocenters. The van der Waals surface area contributed by atoms with Gasteiger partial charge >= 0.3 is 5.97 Å². The molecule has 0 fully saturated rings. The van der Waals surface area contributed by atoms with E-state index in [1.165, 1.54) is 0 Å². The van der Waals surface area contributed by atoms with Gasteiger partial charge in [-0.3, -0.25) is 0 Å². The number of carbonyl (C=O) groups is 1. The van der Waals surface area contributed by atoms with E-state index in [1.54, 1.807) is 6.07 Å². The van der Waals surface area contributed by atoms with Gasteiger partial charge in [0.1, 0.15) is 0 Å². The number of hydrogen-bond donors (Lipinski definition) is 0. The normalized spacial score (nSPS) is 10.1. The van der Waals surface area contributed by atoms with Crippen LogP contribution in [0.3, 0.4) is 0 Å². The molecule has 0 aromatic heterocycles. The predicted molar refractivity (Wildman–Crippen MR) is 64.5 cm³/mol. The second kappa shape index (κ2) is 5.93. The molecule has 0 heterocycles. The quantitative estimate of drug-likeness (QED) is 0.622. The van der Waals surface area contributed by atoms with Gasteiger partial charge in [-0.1, -0.05) is 36.4 Å². The summed E-state index contributed by atoms with van der Waals surface area (Å²) in [5.74, 6) is -0.258. The maximum Gasteiger partial charge on any atom is 0.339 e. The summed E-state index contributed by atoms with van der Waals surface area (Å²) in [6.07, 6.45) is -0.0912. The fourth-order valence-electron chi connectivity index (χ4n) is 1.68. The van der Waals surface area contributed by atoms with E-state index in [9.17, 15) is 4.79 Å². The molecule has 0 saturated carbocycles. The fraction of sp³-hybridized carbons (Fsp3) is 0.214. The Morgan fingerprint density at radius 3 is 2.41 bits per heavy atom. The van der Waals surface area contributed by atoms with Gasteiger partial charge < -0.3 is 4.74 Å². The minimum atomic E-state index is -0.258. The first-order valence-electron chi connectivity index (χ1n) is 5.37. The summed E-state index contributed by atoms with van der Waals surface area (Å²) in [4.78, 5) is 11.8. The van der Waals surface area contributed by atoms with Crippen LogP contribution in [0.4, 0.5) is 0 Å². The average Bonchev–Trinajstić information content (AvgIpc) is 2.27. The van der Waals surface area contributed by atoms with Crippen LogP contribution in [0.5, 0.6) is 0 Å². The summed E-state index contributed by atoms with van der Waals surface area (Å²) < 4.78 is 5.21. The summed E-state index contributed by atoms with van der Waals surface area (Å²) in [6, 6.07) is 13.5. The topological polar surface area (TPSA) is 26.3 Å². The summed E-state index contributed by atoms with van der Waals surface area (Å²) >= 11 is 0. The molecule has 84 valence electrons. The average molecular weight is 280 g/mol. The van der Waals surface area contributed by atoms with Gasteiger partial charge in [0.25, 0.3) is 0 Å². The Hall–Kier alpha value is -1.21. The molecular weight excluding hydrogens is 266 g/mol. The molecule has 0 saturated heterocycles. The SMILES string of the molecule is CC(C)OC(=O)c1cccc2ccccc12.[Zn]. The van der Waals surface area contributed by atoms with Gasteiger partial charge in [-0.2, -0.15) is 0 Å². The minimum Gasteiger partial charge on any atom is -0.459 e. The van der Waals surface area contributed by atoms with Crippen molar-refractivity contribution in [2.24, 2.45) is 0 Å². The third-order valence-electron chi connectivity index (χ3n) is 2.35. The summed E-state index contributed by atoms with van der Waals surface area (Å²) in [5, 5.41) is 2.00. The van der Waals surface area contributed by atoms with Crippen molar-refractivity contribution in [1.29, 1.82) is 0 Å². The summed E-state index contributed by atoms with van der Waals surface area (Å²) in [7, 11) is 0. The zero-order valence-electron chi connectivity index (χ0n) is 10.1. The predicted octanol–water partition coefficient (Wildman–Crippen LogP) is 3.40. The molecule has 0 atom stereocenters. The maximum absolute atomic E-state index is 11.8. The molecule has 17 heavy (non-hydrogen) atoms. The summed E-state index contributed by atoms with van der Waals surface area (Å²) in [6.45, 7) is 3.70. The Morgan fingerprint density at radius 2 is 1.71 bits per heavy atom. The van der Waals surface area contributed by atoms with Crippen molar-refractivity contribution >= 4 is 16.7 Å². The van der Waals surface area contributed by atoms with Crippen LogP contribution in [0.15, 0.2) is 42.5 Å². The second-order valence-corrected chi connectivity index (χ2v) is 3.98. The van der Waals surface area contributed by atoms with E-state index in [1.807, 2.05) is 50.2 Å². The maximum atomic E-state index is 11.8. The first-order chi connectivity index (χ1) is 7.68. The smallest absolute Gasteiger partial charge is 0.339 e. The Morgan fingerprint density at radius 1 is 1.06 bits per heavy atom. The van der Waals surface area contributed by atoms with E-state index in [2.05, 4.69) is 0 Å². The van der Waals surface area contributed by atoms with Crippen LogP contribution in [0.2, 0.25) is 0 Å². The van der Waals surface area contributed by atoms with Gasteiger partial charge in [0.2, 0.25) is 0 Å². The van der Waals surface area contributed by atoms with E-state index < -0.39 is 0 Å². The molecule has 0 aliphatic rings. The molecule has 0 aliphatic heterocycles. The van der Waals surface area contributed by atoms with Crippen LogP contribution in [0.25, 0.3) is 10.8 Å². The number of hydrogen-bond acceptors (Lipinski definition) is 2. The van der Waals surface area contributed by atoms with Crippen LogP contribution >= 0.6 is 0 Å². The van der Waals surface area contributed by atoms with Crippen molar-refractivity contribution in [1.82, 2.24) is 0 Å². The molecule has 2 aromatic carbocycles. The van der Waals surface area contributed by atoms with E-state index >= 15 is 0 Å². The van der Waals surface area contributed by atoms with Crippen molar-refractivity contribution < 1.29 is 29.0 Å². The number of esters is 1. The third-order valence-corrected chi connectivity index (χ3v) is 2.35. The molecule has 0 aliphatic carbocycles. The largest absolute Gasteiger partial charge is 0.459 e. The molecule has 2 nitrogen and oxygen atoms in total. The van der Waals surface area contributed by atoms with Gasteiger partial charge in [-0.15, -0.1) is 0 Å². The standard InChI is InChI=1S/C14H14O2.Zn/c1-10(2)16-14(15)13-9-5-7-11-6-3-4-8-12(11)13;/h3-10H,1-2H3;. The molecular formula is C14H14O2Zn. The minimum absolute atomic E-state index is 0. The Labute approximate surface area is 114 Å². The number of fused-ring (bicyclic) bond motifs is 1. The second-order valence-electron chi connectivity index (χ2n) is 3.98. The van der Waals surface area contributed by atoms with Crippen LogP contribution in [-0.2, 0) is 24.2 Å². The van der Waals surface area contributed by atoms with Crippen molar-refractivity contribution in [2.45, 2.75) is 20.0 Å². The first kappa shape index (κ1) is 13.9. The molecule has 0 spiro atoms. The molecule has 2 rings (SSSR count). The molecule has 0 N–H and O–H groups in total. The Bertz CT molecular complexity index is 515. The summed E-state index contributed by atoms with van der Waals surface area (Å²) in [5.41, 5.74) is 0.631. The van der Waals surface area contributed by atoms with Gasteiger partial charge in [-0.25, -0.2) is 4.79 Å². The van der Waals surface area contributed by atoms with Gasteiger partial charge in [0, 0.05) is 19.5 Å². The van der Waals surface area contributed by atoms with Crippen LogP contribution < -0.4 is 0 Å². The molecule has 3 heteroatoms.